The Hall–Kier alpha value is -1.76. The molecule has 0 aliphatic carbocycles. The number of fused-ring (bicyclic) bond motifs is 1. The van der Waals surface area contributed by atoms with Gasteiger partial charge in [-0.05, 0) is 40.9 Å². The number of benzene rings is 1. The van der Waals surface area contributed by atoms with E-state index < -0.39 is 23.5 Å². The van der Waals surface area contributed by atoms with Crippen LogP contribution in [0.15, 0.2) is 16.6 Å². The largest absolute Gasteiger partial charge is 0.481 e. The van der Waals surface area contributed by atoms with Gasteiger partial charge in [-0.3, -0.25) is 14.4 Å². The van der Waals surface area contributed by atoms with Gasteiger partial charge in [-0.1, -0.05) is 6.42 Å². The number of halogens is 2. The number of nitrogens with zero attached hydrogens (tertiary/aromatic N) is 1. The zero-order valence-corrected chi connectivity index (χ0v) is 12.7. The van der Waals surface area contributed by atoms with Gasteiger partial charge in [0.05, 0.1) is 15.7 Å². The minimum absolute atomic E-state index is 0.0744. The summed E-state index contributed by atoms with van der Waals surface area (Å²) in [6.45, 7) is 0.276. The highest BCUT2D eigenvalue weighted by atomic mass is 79.9. The van der Waals surface area contributed by atoms with Crippen LogP contribution in [-0.2, 0) is 9.59 Å². The molecular formula is C14H13BrFNO4. The molecule has 1 aromatic rings. The Kier molecular flexibility index (Phi) is 4.72. The number of carbonyl (C=O) groups excluding carboxylic acids is 2. The van der Waals surface area contributed by atoms with Gasteiger partial charge in [-0.2, -0.15) is 0 Å². The minimum atomic E-state index is -0.861. The van der Waals surface area contributed by atoms with E-state index in [0.29, 0.717) is 19.3 Å². The molecule has 0 saturated carbocycles. The molecule has 1 N–H and O–H groups in total. The molecule has 0 saturated heterocycles. The molecule has 1 aliphatic heterocycles. The van der Waals surface area contributed by atoms with E-state index in [1.165, 1.54) is 17.0 Å². The quantitative estimate of drug-likeness (QED) is 0.627. The normalized spacial score (nSPS) is 13.7. The summed E-state index contributed by atoms with van der Waals surface area (Å²) in [4.78, 5) is 35.4. The van der Waals surface area contributed by atoms with Crippen molar-refractivity contribution in [3.05, 3.63) is 28.0 Å². The first-order valence-corrected chi connectivity index (χ1v) is 7.28. The number of carboxylic acids is 1. The summed E-state index contributed by atoms with van der Waals surface area (Å²) in [7, 11) is 0. The number of carbonyl (C=O) groups is 3. The summed E-state index contributed by atoms with van der Waals surface area (Å²) in [5.41, 5.74) is 0.475. The Morgan fingerprint density at radius 3 is 2.62 bits per heavy atom. The SMILES string of the molecule is O=C(O)CCCCCN1C(=O)C(=O)c2cc(Br)c(F)cc21. The van der Waals surface area contributed by atoms with Gasteiger partial charge in [0.25, 0.3) is 11.7 Å². The van der Waals surface area contributed by atoms with Crippen LogP contribution in [0, 0.1) is 5.82 Å². The van der Waals surface area contributed by atoms with E-state index in [2.05, 4.69) is 15.9 Å². The average Bonchev–Trinajstić information content (AvgIpc) is 2.64. The molecule has 0 spiro atoms. The van der Waals surface area contributed by atoms with Crippen molar-refractivity contribution in [3.63, 3.8) is 0 Å². The van der Waals surface area contributed by atoms with Crippen molar-refractivity contribution >= 4 is 39.3 Å². The van der Waals surface area contributed by atoms with Crippen molar-refractivity contribution in [1.82, 2.24) is 0 Å². The molecule has 0 unspecified atom stereocenters. The van der Waals surface area contributed by atoms with Crippen LogP contribution < -0.4 is 4.90 Å². The average molecular weight is 358 g/mol. The number of unbranched alkanes of at least 4 members (excludes halogenated alkanes) is 2. The molecule has 7 heteroatoms. The first-order chi connectivity index (χ1) is 9.91. The van der Waals surface area contributed by atoms with Gasteiger partial charge in [-0.25, -0.2) is 4.39 Å². The first-order valence-electron chi connectivity index (χ1n) is 6.49. The smallest absolute Gasteiger partial charge is 0.303 e. The van der Waals surface area contributed by atoms with Gasteiger partial charge in [0.2, 0.25) is 0 Å². The molecule has 0 fully saturated rings. The van der Waals surface area contributed by atoms with E-state index in [0.717, 1.165) is 0 Å². The fourth-order valence-electron chi connectivity index (χ4n) is 2.23. The second-order valence-corrected chi connectivity index (χ2v) is 5.63. The molecule has 0 radical (unpaired) electrons. The Bertz CT molecular complexity index is 617. The Labute approximate surface area is 128 Å². The lowest BCUT2D eigenvalue weighted by molar-refractivity contribution is -0.137. The van der Waals surface area contributed by atoms with E-state index in [1.54, 1.807) is 0 Å². The van der Waals surface area contributed by atoms with Crippen LogP contribution in [0.2, 0.25) is 0 Å². The number of rotatable bonds is 6. The molecule has 21 heavy (non-hydrogen) atoms. The predicted molar refractivity (Wildman–Crippen MR) is 76.9 cm³/mol. The molecule has 2 rings (SSSR count). The van der Waals surface area contributed by atoms with Crippen molar-refractivity contribution < 1.29 is 23.9 Å². The number of hydrogen-bond acceptors (Lipinski definition) is 3. The molecule has 1 aromatic carbocycles. The number of ketones is 1. The number of aliphatic carboxylic acids is 1. The van der Waals surface area contributed by atoms with Crippen LogP contribution in [0.25, 0.3) is 0 Å². The maximum Gasteiger partial charge on any atom is 0.303 e. The standard InChI is InChI=1S/C14H13BrFNO4/c15-9-6-8-11(7-10(9)16)17(14(21)13(8)20)5-3-1-2-4-12(18)19/h6-7H,1-5H2,(H,18,19). The van der Waals surface area contributed by atoms with Crippen molar-refractivity contribution in [2.45, 2.75) is 25.7 Å². The molecule has 1 heterocycles. The third-order valence-corrected chi connectivity index (χ3v) is 3.89. The summed E-state index contributed by atoms with van der Waals surface area (Å²) < 4.78 is 13.7. The monoisotopic (exact) mass is 357 g/mol. The number of amides is 1. The van der Waals surface area contributed by atoms with E-state index >= 15 is 0 Å². The molecule has 1 aliphatic rings. The Balaban J connectivity index is 2.05. The van der Waals surface area contributed by atoms with E-state index in [4.69, 9.17) is 5.11 Å². The van der Waals surface area contributed by atoms with Crippen LogP contribution in [0.3, 0.4) is 0 Å². The van der Waals surface area contributed by atoms with Gasteiger partial charge in [0.15, 0.2) is 0 Å². The van der Waals surface area contributed by atoms with E-state index in [-0.39, 0.29) is 28.7 Å². The van der Waals surface area contributed by atoms with Gasteiger partial charge >= 0.3 is 5.97 Å². The van der Waals surface area contributed by atoms with E-state index in [9.17, 15) is 18.8 Å². The van der Waals surface area contributed by atoms with Crippen LogP contribution in [0.5, 0.6) is 0 Å². The maximum absolute atomic E-state index is 13.6. The van der Waals surface area contributed by atoms with Crippen LogP contribution >= 0.6 is 15.9 Å². The topological polar surface area (TPSA) is 74.7 Å². The zero-order valence-electron chi connectivity index (χ0n) is 11.1. The Morgan fingerprint density at radius 2 is 1.95 bits per heavy atom. The van der Waals surface area contributed by atoms with Crippen LogP contribution in [0.1, 0.15) is 36.0 Å². The molecule has 0 aromatic heterocycles. The van der Waals surface area contributed by atoms with Gasteiger partial charge in [-0.15, -0.1) is 0 Å². The fraction of sp³-hybridized carbons (Fsp3) is 0.357. The lowest BCUT2D eigenvalue weighted by Gasteiger charge is -2.16. The summed E-state index contributed by atoms with van der Waals surface area (Å²) in [5, 5.41) is 8.53. The van der Waals surface area contributed by atoms with Gasteiger partial charge in [0, 0.05) is 13.0 Å². The molecule has 1 amide bonds. The highest BCUT2D eigenvalue weighted by molar-refractivity contribution is 9.10. The summed E-state index contributed by atoms with van der Waals surface area (Å²) in [6, 6.07) is 2.48. The summed E-state index contributed by atoms with van der Waals surface area (Å²) in [5.74, 6) is -2.70. The van der Waals surface area contributed by atoms with Crippen LogP contribution in [-0.4, -0.2) is 29.3 Å². The number of carboxylic acid groups (broad SMARTS) is 1. The lowest BCUT2D eigenvalue weighted by Crippen LogP contribution is -2.30. The summed E-state index contributed by atoms with van der Waals surface area (Å²) in [6.07, 6.45) is 1.76. The number of anilines is 1. The maximum atomic E-state index is 13.6. The predicted octanol–water partition coefficient (Wildman–Crippen LogP) is 2.76. The van der Waals surface area contributed by atoms with Crippen molar-refractivity contribution in [3.8, 4) is 0 Å². The molecular weight excluding hydrogens is 345 g/mol. The minimum Gasteiger partial charge on any atom is -0.481 e. The highest BCUT2D eigenvalue weighted by Gasteiger charge is 2.36. The molecule has 5 nitrogen and oxygen atoms in total. The second-order valence-electron chi connectivity index (χ2n) is 4.77. The van der Waals surface area contributed by atoms with E-state index in [1.807, 2.05) is 0 Å². The Morgan fingerprint density at radius 1 is 1.24 bits per heavy atom. The lowest BCUT2D eigenvalue weighted by atomic mass is 10.1. The fourth-order valence-corrected chi connectivity index (χ4v) is 2.58. The van der Waals surface area contributed by atoms with Gasteiger partial charge in [0.1, 0.15) is 5.82 Å². The third-order valence-electron chi connectivity index (χ3n) is 3.29. The second kappa shape index (κ2) is 6.34. The number of Topliss-reactive ketones (excluding diaryl/α,β-unsaturated/α-hetero) is 1. The highest BCUT2D eigenvalue weighted by Crippen LogP contribution is 2.33. The van der Waals surface area contributed by atoms with Gasteiger partial charge < -0.3 is 10.0 Å². The zero-order chi connectivity index (χ0) is 15.6. The molecule has 112 valence electrons. The molecule has 0 atom stereocenters. The number of hydrogen-bond donors (Lipinski definition) is 1. The summed E-state index contributed by atoms with van der Waals surface area (Å²) >= 11 is 2.99. The van der Waals surface area contributed by atoms with Crippen molar-refractivity contribution in [1.29, 1.82) is 0 Å². The van der Waals surface area contributed by atoms with Crippen LogP contribution in [0.4, 0.5) is 10.1 Å². The first kappa shape index (κ1) is 15.6. The van der Waals surface area contributed by atoms with Crippen molar-refractivity contribution in [2.24, 2.45) is 0 Å². The van der Waals surface area contributed by atoms with Crippen molar-refractivity contribution in [2.75, 3.05) is 11.4 Å². The third kappa shape index (κ3) is 3.29. The molecule has 0 bridgehead atoms.